The zero-order chi connectivity index (χ0) is 44.4. The van der Waals surface area contributed by atoms with Gasteiger partial charge in [0, 0.05) is 89.6 Å². The van der Waals surface area contributed by atoms with Gasteiger partial charge in [-0.15, -0.1) is 19.7 Å². The molecule has 0 bridgehead atoms. The first-order valence-corrected chi connectivity index (χ1v) is 21.7. The molecule has 3 radical (unpaired) electrons. The van der Waals surface area contributed by atoms with Crippen molar-refractivity contribution in [3.05, 3.63) is 38.0 Å². The number of hydrogen-bond donors (Lipinski definition) is 4. The van der Waals surface area contributed by atoms with Crippen LogP contribution in [0, 0.1) is 0 Å². The molecular weight excluding hydrogens is 799 g/mol. The molecule has 5 saturated carbocycles. The zero-order valence-corrected chi connectivity index (χ0v) is 37.5. The van der Waals surface area contributed by atoms with E-state index in [0.29, 0.717) is 95.0 Å². The lowest BCUT2D eigenvalue weighted by Gasteiger charge is -2.37. The molecule has 62 heavy (non-hydrogen) atoms. The van der Waals surface area contributed by atoms with Crippen molar-refractivity contribution in [3.63, 3.8) is 0 Å². The van der Waals surface area contributed by atoms with Gasteiger partial charge in [-0.3, -0.25) is 19.7 Å². The number of amides is 3. The quantitative estimate of drug-likeness (QED) is 0.0684. The summed E-state index contributed by atoms with van der Waals surface area (Å²) < 4.78 is 37.8. The molecule has 6 rings (SSSR count). The Labute approximate surface area is 375 Å². The summed E-state index contributed by atoms with van der Waals surface area (Å²) in [7, 11) is 6.71. The fraction of sp³-hybridized carbons (Fsp3) is 0.783. The molecule has 0 aromatic carbocycles. The Hall–Kier alpha value is -2.80. The second-order valence-electron chi connectivity index (χ2n) is 16.1. The summed E-state index contributed by atoms with van der Waals surface area (Å²) in [5.74, 6) is -0.300. The largest absolute Gasteiger partial charge is 0.393 e. The fourth-order valence-electron chi connectivity index (χ4n) is 7.97. The third-order valence-electron chi connectivity index (χ3n) is 12.1. The molecule has 357 valence electrons. The van der Waals surface area contributed by atoms with Crippen LogP contribution in [0.1, 0.15) is 137 Å². The Morgan fingerprint density at radius 2 is 0.887 bits per heavy atom. The van der Waals surface area contributed by atoms with Crippen molar-refractivity contribution >= 4 is 31.9 Å². The van der Waals surface area contributed by atoms with E-state index in [1.54, 1.807) is 46.7 Å². The highest BCUT2D eigenvalue weighted by Crippen LogP contribution is 2.34. The SMILES string of the molecule is C.C=CCOC1CCC(=O)CC1.C=CCOC1CCC(OC)(OC)CC1.C=CCOC1CCC2(CC1)NC(=O)NC2=O.COC1(OC)CCC(O)CC1.O=C1CCC(O)CC1.[2HH].[B]. The summed E-state index contributed by atoms with van der Waals surface area (Å²) in [5, 5.41) is 23.1. The van der Waals surface area contributed by atoms with E-state index in [4.69, 9.17) is 38.3 Å². The van der Waals surface area contributed by atoms with Crippen LogP contribution in [-0.2, 0) is 47.5 Å². The van der Waals surface area contributed by atoms with Gasteiger partial charge in [0.25, 0.3) is 5.91 Å². The Kier molecular flexibility index (Phi) is 30.5. The van der Waals surface area contributed by atoms with Crippen LogP contribution in [-0.4, -0.2) is 138 Å². The number of hydrogen-bond acceptors (Lipinski definition) is 13. The Balaban J connectivity index is 0. The van der Waals surface area contributed by atoms with Gasteiger partial charge >= 0.3 is 6.03 Å². The molecule has 3 amide bonds. The van der Waals surface area contributed by atoms with Crippen LogP contribution in [0.25, 0.3) is 0 Å². The van der Waals surface area contributed by atoms with E-state index in [1.165, 1.54) is 0 Å². The van der Waals surface area contributed by atoms with E-state index in [9.17, 15) is 24.3 Å². The Morgan fingerprint density at radius 3 is 1.21 bits per heavy atom. The number of nitrogens with one attached hydrogen (secondary N) is 2. The number of aliphatic hydroxyl groups excluding tert-OH is 2. The summed E-state index contributed by atoms with van der Waals surface area (Å²) >= 11 is 0. The van der Waals surface area contributed by atoms with Crippen LogP contribution in [0.4, 0.5) is 4.79 Å². The van der Waals surface area contributed by atoms with Gasteiger partial charge in [-0.2, -0.15) is 0 Å². The van der Waals surface area contributed by atoms with Crippen molar-refractivity contribution in [2.24, 2.45) is 0 Å². The van der Waals surface area contributed by atoms with Crippen LogP contribution in [0.5, 0.6) is 0 Å². The highest BCUT2D eigenvalue weighted by molar-refractivity contribution is 6.07. The van der Waals surface area contributed by atoms with Crippen LogP contribution >= 0.6 is 0 Å². The summed E-state index contributed by atoms with van der Waals surface area (Å²) in [6.45, 7) is 12.6. The summed E-state index contributed by atoms with van der Waals surface area (Å²) in [4.78, 5) is 44.0. The van der Waals surface area contributed by atoms with Crippen molar-refractivity contribution in [2.45, 2.75) is 183 Å². The first-order chi connectivity index (χ1) is 28.8. The second kappa shape index (κ2) is 32.0. The van der Waals surface area contributed by atoms with Crippen LogP contribution in [0.3, 0.4) is 0 Å². The van der Waals surface area contributed by atoms with Gasteiger partial charge in [-0.25, -0.2) is 4.79 Å². The molecule has 1 saturated heterocycles. The lowest BCUT2D eigenvalue weighted by atomic mass is 9.80. The number of ether oxygens (including phenoxy) is 7. The maximum Gasteiger partial charge on any atom is 0.322 e. The lowest BCUT2D eigenvalue weighted by Crippen LogP contribution is -2.50. The first-order valence-electron chi connectivity index (χ1n) is 21.7. The molecule has 0 aromatic heterocycles. The molecule has 16 heteroatoms. The van der Waals surface area contributed by atoms with Crippen molar-refractivity contribution < 1.29 is 64.0 Å². The van der Waals surface area contributed by atoms with Gasteiger partial charge in [-0.05, 0) is 77.0 Å². The molecule has 0 unspecified atom stereocenters. The fourth-order valence-corrected chi connectivity index (χ4v) is 7.97. The Morgan fingerprint density at radius 1 is 0.565 bits per heavy atom. The lowest BCUT2D eigenvalue weighted by molar-refractivity contribution is -0.233. The molecule has 1 aliphatic heterocycles. The minimum Gasteiger partial charge on any atom is -0.393 e. The van der Waals surface area contributed by atoms with Gasteiger partial charge in [-0.1, -0.05) is 25.7 Å². The van der Waals surface area contributed by atoms with Gasteiger partial charge < -0.3 is 48.7 Å². The molecule has 1 heterocycles. The topological polar surface area (TPSA) is 197 Å². The molecule has 1 spiro atoms. The van der Waals surface area contributed by atoms with Gasteiger partial charge in [0.15, 0.2) is 11.6 Å². The number of Topliss-reactive ketones (excluding diaryl/α,β-unsaturated/α-hetero) is 2. The molecule has 15 nitrogen and oxygen atoms in total. The number of carbonyl (C=O) groups is 4. The molecule has 0 atom stereocenters. The average Bonchev–Trinajstić information content (AvgIpc) is 3.55. The predicted octanol–water partition coefficient (Wildman–Crippen LogP) is 6.43. The third-order valence-corrected chi connectivity index (χ3v) is 12.1. The predicted molar refractivity (Wildman–Crippen MR) is 242 cm³/mol. The number of ketones is 2. The number of imide groups is 1. The monoisotopic (exact) mass is 883 g/mol. The van der Waals surface area contributed by atoms with Crippen LogP contribution < -0.4 is 10.6 Å². The van der Waals surface area contributed by atoms with Gasteiger partial charge in [0.2, 0.25) is 0 Å². The summed E-state index contributed by atoms with van der Waals surface area (Å²) in [6, 6.07) is -0.379. The second-order valence-corrected chi connectivity index (χ2v) is 16.1. The van der Waals surface area contributed by atoms with E-state index >= 15 is 0 Å². The maximum atomic E-state index is 11.6. The van der Waals surface area contributed by atoms with Crippen molar-refractivity contribution in [1.82, 2.24) is 10.6 Å². The van der Waals surface area contributed by atoms with Crippen molar-refractivity contribution in [1.29, 1.82) is 0 Å². The molecular formula is C46H82BN2O13. The van der Waals surface area contributed by atoms with Crippen LogP contribution in [0.2, 0.25) is 0 Å². The normalized spacial score (nSPS) is 22.4. The number of rotatable bonds is 13. The minimum atomic E-state index is -0.675. The maximum absolute atomic E-state index is 11.6. The summed E-state index contributed by atoms with van der Waals surface area (Å²) in [6.07, 6.45) is 21.2. The third kappa shape index (κ3) is 21.3. The van der Waals surface area contributed by atoms with Gasteiger partial charge in [0.05, 0.1) is 50.3 Å². The molecule has 6 aliphatic rings. The number of urea groups is 1. The van der Waals surface area contributed by atoms with Crippen molar-refractivity contribution in [2.75, 3.05) is 48.3 Å². The molecule has 6 fully saturated rings. The zero-order valence-electron chi connectivity index (χ0n) is 37.5. The van der Waals surface area contributed by atoms with E-state index < -0.39 is 11.3 Å². The first kappa shape index (κ1) is 59.2. The van der Waals surface area contributed by atoms with Crippen molar-refractivity contribution in [3.8, 4) is 0 Å². The average molecular weight is 883 g/mol. The number of carbonyl (C=O) groups excluding carboxylic acids is 4. The number of methoxy groups -OCH3 is 4. The van der Waals surface area contributed by atoms with E-state index in [0.717, 1.165) is 77.0 Å². The Bertz CT molecular complexity index is 1280. The molecule has 4 N–H and O–H groups in total. The van der Waals surface area contributed by atoms with E-state index in [-0.39, 0.29) is 53.3 Å². The summed E-state index contributed by atoms with van der Waals surface area (Å²) in [5.41, 5.74) is -0.675. The number of aliphatic hydroxyl groups is 2. The molecule has 0 aromatic rings. The smallest absolute Gasteiger partial charge is 0.322 e. The highest BCUT2D eigenvalue weighted by Gasteiger charge is 2.48. The van der Waals surface area contributed by atoms with Gasteiger partial charge in [0.1, 0.15) is 17.1 Å². The minimum absolute atomic E-state index is 0. The standard InChI is InChI=1S/C11H16N2O3.C11H20O3.C9H14O2.C8H16O3.C6H10O2.CH4.B.H2/c1-2-7-16-8-3-5-11(6-4-8)9(14)12-10(15)13-11;1-4-9-14-10-5-7-11(12-2,13-3)8-6-10;1-2-7-11-9-5-3-8(10)4-6-9;1-10-8(11-2)5-3-7(9)4-6-8;7-5-1-2-6(8)4-3-5;;;/h2,8H,1,3-7H2,(H2,12,13,14,15);4,10H,1,5-9H2,2-3H3;2,9H,1,3-7H2;7,9H,3-6H2,1-2H3;5,7H,1-4H2;1H4;;1H/i;;;;;;;1+1. The van der Waals surface area contributed by atoms with E-state index in [2.05, 4.69) is 30.4 Å². The van der Waals surface area contributed by atoms with E-state index in [1.807, 2.05) is 0 Å². The van der Waals surface area contributed by atoms with Crippen LogP contribution in [0.15, 0.2) is 38.0 Å². The molecule has 5 aliphatic carbocycles. The highest BCUT2D eigenvalue weighted by atomic mass is 16.7.